The van der Waals surface area contributed by atoms with Crippen molar-refractivity contribution in [1.82, 2.24) is 0 Å². The van der Waals surface area contributed by atoms with Gasteiger partial charge in [-0.3, -0.25) is 0 Å². The molecule has 0 heterocycles. The lowest BCUT2D eigenvalue weighted by Gasteiger charge is -2.11. The Bertz CT molecular complexity index is 744. The first kappa shape index (κ1) is 18.7. The van der Waals surface area contributed by atoms with Crippen LogP contribution in [0, 0.1) is 0 Å². The van der Waals surface area contributed by atoms with Gasteiger partial charge in [-0.25, -0.2) is 18.4 Å². The number of hydrogen-bond donors (Lipinski definition) is 3. The molecule has 0 aliphatic rings. The van der Waals surface area contributed by atoms with E-state index in [1.807, 2.05) is 24.3 Å². The number of rotatable bonds is 3. The molecule has 23 heavy (non-hydrogen) atoms. The van der Waals surface area contributed by atoms with Crippen molar-refractivity contribution in [1.29, 1.82) is 0 Å². The van der Waals surface area contributed by atoms with Gasteiger partial charge in [0.1, 0.15) is 0 Å². The van der Waals surface area contributed by atoms with Crippen molar-refractivity contribution in [3.63, 3.8) is 0 Å². The molecule has 2 rings (SSSR count). The number of anilines is 1. The van der Waals surface area contributed by atoms with Gasteiger partial charge in [0, 0.05) is 5.69 Å². The second kappa shape index (κ2) is 8.30. The third-order valence-electron chi connectivity index (χ3n) is 2.91. The summed E-state index contributed by atoms with van der Waals surface area (Å²) in [6.07, 6.45) is 0. The number of carbonyl (C=O) groups is 1. The summed E-state index contributed by atoms with van der Waals surface area (Å²) in [5.74, 6) is 0.378. The van der Waals surface area contributed by atoms with E-state index < -0.39 is 16.1 Å². The maximum atomic E-state index is 10.7. The molecule has 0 bridgehead atoms. The van der Waals surface area contributed by atoms with Gasteiger partial charge in [-0.1, -0.05) is 50.2 Å². The Hall–Kier alpha value is -2.38. The molecule has 7 heteroatoms. The summed E-state index contributed by atoms with van der Waals surface area (Å²) in [4.78, 5) is 10.8. The van der Waals surface area contributed by atoms with Crippen molar-refractivity contribution in [3.05, 3.63) is 60.2 Å². The van der Waals surface area contributed by atoms with E-state index in [2.05, 4.69) is 19.2 Å². The molecule has 6 nitrogen and oxygen atoms in total. The third-order valence-corrected chi connectivity index (χ3v) is 3.84. The van der Waals surface area contributed by atoms with Crippen LogP contribution in [0.25, 0.3) is 0 Å². The van der Waals surface area contributed by atoms with Gasteiger partial charge < -0.3 is 11.1 Å². The molecule has 2 aromatic rings. The molecule has 0 unspecified atom stereocenters. The fraction of sp³-hybridized carbons (Fsp3) is 0.188. The molecule has 0 fully saturated rings. The van der Waals surface area contributed by atoms with E-state index in [9.17, 15) is 13.2 Å². The standard InChI is InChI=1S/C10H14N2O.C6H7NO2S/c1-7(2)8-5-3-4-6-9(8)12-10(11)13;7-10(8,9)6-4-2-1-3-5-6/h3-7H,1-2H3,(H3,11,12,13);1-5H,(H2,7,8,9). The molecule has 0 aromatic heterocycles. The molecule has 124 valence electrons. The number of hydrogen-bond acceptors (Lipinski definition) is 3. The van der Waals surface area contributed by atoms with E-state index in [1.54, 1.807) is 18.2 Å². The fourth-order valence-corrected chi connectivity index (χ4v) is 2.39. The largest absolute Gasteiger partial charge is 0.351 e. The zero-order chi connectivity index (χ0) is 17.5. The van der Waals surface area contributed by atoms with Crippen LogP contribution >= 0.6 is 0 Å². The molecule has 0 saturated carbocycles. The first-order valence-electron chi connectivity index (χ1n) is 6.95. The van der Waals surface area contributed by atoms with Crippen LogP contribution in [0.5, 0.6) is 0 Å². The number of nitrogens with two attached hydrogens (primary N) is 2. The van der Waals surface area contributed by atoms with Gasteiger partial charge in [0.15, 0.2) is 0 Å². The Balaban J connectivity index is 0.000000238. The van der Waals surface area contributed by atoms with Gasteiger partial charge in [-0.05, 0) is 29.7 Å². The Labute approximate surface area is 136 Å². The highest BCUT2D eigenvalue weighted by Gasteiger charge is 2.06. The zero-order valence-corrected chi connectivity index (χ0v) is 13.9. The number of primary amides is 1. The van der Waals surface area contributed by atoms with E-state index in [4.69, 9.17) is 10.9 Å². The van der Waals surface area contributed by atoms with Crippen molar-refractivity contribution in [2.45, 2.75) is 24.7 Å². The summed E-state index contributed by atoms with van der Waals surface area (Å²) in [6, 6.07) is 15.0. The summed E-state index contributed by atoms with van der Waals surface area (Å²) in [6.45, 7) is 4.14. The Kier molecular flexibility index (Phi) is 6.74. The summed E-state index contributed by atoms with van der Waals surface area (Å²) in [5, 5.41) is 7.42. The predicted molar refractivity (Wildman–Crippen MR) is 91.6 cm³/mol. The zero-order valence-electron chi connectivity index (χ0n) is 13.1. The second-order valence-electron chi connectivity index (χ2n) is 5.09. The molecular formula is C16H21N3O3S. The lowest BCUT2D eigenvalue weighted by atomic mass is 10.0. The highest BCUT2D eigenvalue weighted by molar-refractivity contribution is 7.89. The normalized spacial score (nSPS) is 10.6. The van der Waals surface area contributed by atoms with Crippen LogP contribution in [-0.4, -0.2) is 14.4 Å². The smallest absolute Gasteiger partial charge is 0.316 e. The van der Waals surface area contributed by atoms with Crippen molar-refractivity contribution < 1.29 is 13.2 Å². The van der Waals surface area contributed by atoms with Gasteiger partial charge in [0.2, 0.25) is 10.0 Å². The number of sulfonamides is 1. The first-order valence-corrected chi connectivity index (χ1v) is 8.49. The minimum Gasteiger partial charge on any atom is -0.351 e. The summed E-state index contributed by atoms with van der Waals surface area (Å²) in [5.41, 5.74) is 6.94. The minimum absolute atomic E-state index is 0.148. The van der Waals surface area contributed by atoms with Crippen molar-refractivity contribution >= 4 is 21.7 Å². The van der Waals surface area contributed by atoms with Crippen LogP contribution in [0.15, 0.2) is 59.5 Å². The summed E-state index contributed by atoms with van der Waals surface area (Å²) < 4.78 is 21.2. The van der Waals surface area contributed by atoms with E-state index in [0.717, 1.165) is 11.3 Å². The number of primary sulfonamides is 1. The van der Waals surface area contributed by atoms with Gasteiger partial charge in [0.25, 0.3) is 0 Å². The quantitative estimate of drug-likeness (QED) is 0.800. The number of carbonyl (C=O) groups excluding carboxylic acids is 1. The van der Waals surface area contributed by atoms with Crippen LogP contribution in [-0.2, 0) is 10.0 Å². The van der Waals surface area contributed by atoms with Crippen LogP contribution in [0.4, 0.5) is 10.5 Å². The number of para-hydroxylation sites is 1. The highest BCUT2D eigenvalue weighted by atomic mass is 32.2. The topological polar surface area (TPSA) is 115 Å². The molecule has 0 aliphatic carbocycles. The SMILES string of the molecule is CC(C)c1ccccc1NC(N)=O.NS(=O)(=O)c1ccccc1. The van der Waals surface area contributed by atoms with Gasteiger partial charge in [0.05, 0.1) is 4.90 Å². The highest BCUT2D eigenvalue weighted by Crippen LogP contribution is 2.23. The predicted octanol–water partition coefficient (Wildman–Crippen LogP) is 2.63. The maximum Gasteiger partial charge on any atom is 0.316 e. The molecule has 0 spiro atoms. The summed E-state index contributed by atoms with van der Waals surface area (Å²) >= 11 is 0. The third kappa shape index (κ3) is 6.50. The molecule has 0 saturated heterocycles. The average molecular weight is 335 g/mol. The first-order chi connectivity index (χ1) is 10.7. The molecule has 0 radical (unpaired) electrons. The Morgan fingerprint density at radius 2 is 1.52 bits per heavy atom. The Morgan fingerprint density at radius 3 is 1.96 bits per heavy atom. The van der Waals surface area contributed by atoms with Gasteiger partial charge >= 0.3 is 6.03 Å². The fourth-order valence-electron chi connectivity index (χ4n) is 1.86. The molecule has 2 amide bonds. The molecule has 0 atom stereocenters. The van der Waals surface area contributed by atoms with E-state index in [-0.39, 0.29) is 4.90 Å². The average Bonchev–Trinajstić information content (AvgIpc) is 2.48. The lowest BCUT2D eigenvalue weighted by molar-refractivity contribution is 0.259. The molecule has 2 aromatic carbocycles. The monoisotopic (exact) mass is 335 g/mol. The van der Waals surface area contributed by atoms with Crippen LogP contribution in [0.3, 0.4) is 0 Å². The molecule has 0 aliphatic heterocycles. The lowest BCUT2D eigenvalue weighted by Crippen LogP contribution is -2.20. The second-order valence-corrected chi connectivity index (χ2v) is 6.65. The van der Waals surface area contributed by atoms with Crippen LogP contribution in [0.1, 0.15) is 25.3 Å². The van der Waals surface area contributed by atoms with Gasteiger partial charge in [-0.2, -0.15) is 0 Å². The number of benzene rings is 2. The summed E-state index contributed by atoms with van der Waals surface area (Å²) in [7, 11) is -3.50. The van der Waals surface area contributed by atoms with E-state index >= 15 is 0 Å². The van der Waals surface area contributed by atoms with Gasteiger partial charge in [-0.15, -0.1) is 0 Å². The minimum atomic E-state index is -3.50. The van der Waals surface area contributed by atoms with E-state index in [1.165, 1.54) is 12.1 Å². The van der Waals surface area contributed by atoms with Crippen LogP contribution in [0.2, 0.25) is 0 Å². The Morgan fingerprint density at radius 1 is 1.00 bits per heavy atom. The maximum absolute atomic E-state index is 10.7. The van der Waals surface area contributed by atoms with Crippen molar-refractivity contribution in [2.75, 3.05) is 5.32 Å². The molecular weight excluding hydrogens is 314 g/mol. The number of nitrogens with one attached hydrogen (secondary N) is 1. The number of urea groups is 1. The van der Waals surface area contributed by atoms with Crippen molar-refractivity contribution in [2.24, 2.45) is 10.9 Å². The molecule has 5 N–H and O–H groups in total. The van der Waals surface area contributed by atoms with Crippen LogP contribution < -0.4 is 16.2 Å². The van der Waals surface area contributed by atoms with E-state index in [0.29, 0.717) is 5.92 Å². The number of amides is 2. The van der Waals surface area contributed by atoms with Crippen molar-refractivity contribution in [3.8, 4) is 0 Å².